The predicted octanol–water partition coefficient (Wildman–Crippen LogP) is 2.53. The van der Waals surface area contributed by atoms with Crippen LogP contribution in [0.1, 0.15) is 16.7 Å². The first-order chi connectivity index (χ1) is 4.63. The highest BCUT2D eigenvalue weighted by molar-refractivity contribution is 5.49. The first-order valence-electron chi connectivity index (χ1n) is 3.41. The van der Waals surface area contributed by atoms with Crippen molar-refractivity contribution in [3.63, 3.8) is 0 Å². The molecule has 0 aliphatic carbocycles. The summed E-state index contributed by atoms with van der Waals surface area (Å²) in [4.78, 5) is 0. The van der Waals surface area contributed by atoms with Gasteiger partial charge < -0.3 is 5.73 Å². The zero-order valence-electron chi connectivity index (χ0n) is 6.65. The number of nitrogens with one attached hydrogen (secondary N) is 1. The Morgan fingerprint density at radius 2 is 1.60 bits per heavy atom. The van der Waals surface area contributed by atoms with E-state index in [4.69, 9.17) is 5.73 Å². The molecule has 0 fully saturated rings. The maximum absolute atomic E-state index is 7.46. The molecule has 0 spiro atoms. The van der Waals surface area contributed by atoms with Crippen molar-refractivity contribution in [2.75, 3.05) is 0 Å². The third-order valence-corrected chi connectivity index (χ3v) is 2.06. The van der Waals surface area contributed by atoms with Crippen molar-refractivity contribution in [3.05, 3.63) is 28.8 Å². The van der Waals surface area contributed by atoms with Crippen molar-refractivity contribution in [2.45, 2.75) is 20.8 Å². The molecule has 1 radical (unpaired) electrons. The Hall–Kier alpha value is -0.980. The molecule has 1 N–H and O–H groups in total. The summed E-state index contributed by atoms with van der Waals surface area (Å²) >= 11 is 0. The van der Waals surface area contributed by atoms with Gasteiger partial charge in [0.05, 0.1) is 5.69 Å². The third kappa shape index (κ3) is 0.991. The fourth-order valence-electron chi connectivity index (χ4n) is 0.956. The van der Waals surface area contributed by atoms with Crippen molar-refractivity contribution >= 4 is 5.69 Å². The minimum absolute atomic E-state index is 0.642. The molecule has 0 amide bonds. The lowest BCUT2D eigenvalue weighted by atomic mass is 10.0. The normalized spacial score (nSPS) is 9.90. The molecule has 1 heteroatoms. The molecule has 0 aliphatic heterocycles. The van der Waals surface area contributed by atoms with Gasteiger partial charge in [-0.1, -0.05) is 6.07 Å². The highest BCUT2D eigenvalue weighted by atomic mass is 14.6. The molecule has 0 saturated heterocycles. The van der Waals surface area contributed by atoms with Crippen molar-refractivity contribution in [1.82, 2.24) is 5.73 Å². The Morgan fingerprint density at radius 3 is 2.10 bits per heavy atom. The molecule has 1 aromatic rings. The van der Waals surface area contributed by atoms with E-state index in [9.17, 15) is 0 Å². The molecule has 0 bridgehead atoms. The van der Waals surface area contributed by atoms with Gasteiger partial charge in [0.25, 0.3) is 0 Å². The van der Waals surface area contributed by atoms with Crippen LogP contribution in [0.2, 0.25) is 0 Å². The maximum atomic E-state index is 7.46. The maximum Gasteiger partial charge on any atom is 0.0571 e. The zero-order chi connectivity index (χ0) is 7.72. The topological polar surface area (TPSA) is 23.8 Å². The molecule has 1 rings (SSSR count). The van der Waals surface area contributed by atoms with Crippen LogP contribution >= 0.6 is 0 Å². The Kier molecular flexibility index (Phi) is 1.66. The van der Waals surface area contributed by atoms with Crippen LogP contribution in [0, 0.1) is 20.8 Å². The number of aryl methyl sites for hydroxylation is 1. The molecule has 53 valence electrons. The fourth-order valence-corrected chi connectivity index (χ4v) is 0.956. The second-order valence-corrected chi connectivity index (χ2v) is 2.68. The highest BCUT2D eigenvalue weighted by Gasteiger charge is 1.98. The van der Waals surface area contributed by atoms with Gasteiger partial charge in [-0.3, -0.25) is 0 Å². The third-order valence-electron chi connectivity index (χ3n) is 2.06. The van der Waals surface area contributed by atoms with E-state index in [2.05, 4.69) is 13.8 Å². The fraction of sp³-hybridized carbons (Fsp3) is 0.333. The first kappa shape index (κ1) is 7.13. The SMILES string of the molecule is Cc1ccc([NH])c(C)c1C. The number of rotatable bonds is 0. The summed E-state index contributed by atoms with van der Waals surface area (Å²) in [7, 11) is 0. The quantitative estimate of drug-likeness (QED) is 0.520. The lowest BCUT2D eigenvalue weighted by Crippen LogP contribution is -1.86. The summed E-state index contributed by atoms with van der Waals surface area (Å²) in [6.45, 7) is 6.12. The number of hydrogen-bond acceptors (Lipinski definition) is 0. The summed E-state index contributed by atoms with van der Waals surface area (Å²) in [6, 6.07) is 3.84. The van der Waals surface area contributed by atoms with Crippen LogP contribution < -0.4 is 5.73 Å². The van der Waals surface area contributed by atoms with Crippen LogP contribution in [0.5, 0.6) is 0 Å². The van der Waals surface area contributed by atoms with Gasteiger partial charge >= 0.3 is 0 Å². The highest BCUT2D eigenvalue weighted by Crippen LogP contribution is 2.19. The van der Waals surface area contributed by atoms with Gasteiger partial charge in [-0.25, -0.2) is 0 Å². The largest absolute Gasteiger partial charge is 0.301 e. The van der Waals surface area contributed by atoms with E-state index in [0.29, 0.717) is 5.69 Å². The monoisotopic (exact) mass is 134 g/mol. The van der Waals surface area contributed by atoms with Crippen molar-refractivity contribution in [3.8, 4) is 0 Å². The average Bonchev–Trinajstić information content (AvgIpc) is 1.93. The van der Waals surface area contributed by atoms with Gasteiger partial charge in [-0.05, 0) is 43.5 Å². The second-order valence-electron chi connectivity index (χ2n) is 2.68. The van der Waals surface area contributed by atoms with Crippen LogP contribution in [0.4, 0.5) is 5.69 Å². The van der Waals surface area contributed by atoms with Gasteiger partial charge in [0.15, 0.2) is 0 Å². The molecular formula is C9H12N. The summed E-state index contributed by atoms with van der Waals surface area (Å²) in [5.74, 6) is 0. The first-order valence-corrected chi connectivity index (χ1v) is 3.41. The van der Waals surface area contributed by atoms with E-state index in [1.54, 1.807) is 0 Å². The van der Waals surface area contributed by atoms with E-state index in [0.717, 1.165) is 5.56 Å². The number of hydrogen-bond donors (Lipinski definition) is 0. The second kappa shape index (κ2) is 2.33. The van der Waals surface area contributed by atoms with Crippen molar-refractivity contribution < 1.29 is 0 Å². The molecule has 1 aromatic carbocycles. The van der Waals surface area contributed by atoms with Gasteiger partial charge in [0.1, 0.15) is 0 Å². The molecule has 0 aliphatic rings. The predicted molar refractivity (Wildman–Crippen MR) is 43.4 cm³/mol. The summed E-state index contributed by atoms with van der Waals surface area (Å²) in [5.41, 5.74) is 11.7. The van der Waals surface area contributed by atoms with Crippen LogP contribution in [0.3, 0.4) is 0 Å². The minimum atomic E-state index is 0.642. The zero-order valence-corrected chi connectivity index (χ0v) is 6.65. The van der Waals surface area contributed by atoms with Crippen LogP contribution in [-0.4, -0.2) is 0 Å². The van der Waals surface area contributed by atoms with Gasteiger partial charge in [0.2, 0.25) is 0 Å². The van der Waals surface area contributed by atoms with Crippen molar-refractivity contribution in [1.29, 1.82) is 0 Å². The Morgan fingerprint density at radius 1 is 1.00 bits per heavy atom. The molecule has 0 saturated carbocycles. The molecular weight excluding hydrogens is 122 g/mol. The molecule has 0 aromatic heterocycles. The van der Waals surface area contributed by atoms with E-state index in [1.165, 1.54) is 11.1 Å². The summed E-state index contributed by atoms with van der Waals surface area (Å²) in [5, 5.41) is 0. The van der Waals surface area contributed by atoms with Crippen LogP contribution in [-0.2, 0) is 0 Å². The Bertz CT molecular complexity index is 224. The van der Waals surface area contributed by atoms with Gasteiger partial charge in [0, 0.05) is 0 Å². The van der Waals surface area contributed by atoms with Crippen LogP contribution in [0.25, 0.3) is 0 Å². The molecule has 10 heavy (non-hydrogen) atoms. The molecule has 0 unspecified atom stereocenters. The Balaban J connectivity index is 3.34. The minimum Gasteiger partial charge on any atom is -0.301 e. The standard InChI is InChI=1S/C9H12N/c1-6-4-5-9(10)8(3)7(6)2/h4-5,10H,1-3H3. The van der Waals surface area contributed by atoms with Crippen LogP contribution in [0.15, 0.2) is 12.1 Å². The molecule has 0 heterocycles. The average molecular weight is 134 g/mol. The van der Waals surface area contributed by atoms with E-state index in [-0.39, 0.29) is 0 Å². The smallest absolute Gasteiger partial charge is 0.0571 e. The lowest BCUT2D eigenvalue weighted by molar-refractivity contribution is 1.24. The Labute approximate surface area is 61.9 Å². The van der Waals surface area contributed by atoms with Crippen molar-refractivity contribution in [2.24, 2.45) is 0 Å². The summed E-state index contributed by atoms with van der Waals surface area (Å²) in [6.07, 6.45) is 0. The van der Waals surface area contributed by atoms with Gasteiger partial charge in [-0.15, -0.1) is 0 Å². The summed E-state index contributed by atoms with van der Waals surface area (Å²) < 4.78 is 0. The number of benzene rings is 1. The lowest BCUT2D eigenvalue weighted by Gasteiger charge is -2.05. The van der Waals surface area contributed by atoms with E-state index >= 15 is 0 Å². The van der Waals surface area contributed by atoms with E-state index < -0.39 is 0 Å². The van der Waals surface area contributed by atoms with Gasteiger partial charge in [-0.2, -0.15) is 0 Å². The van der Waals surface area contributed by atoms with E-state index in [1.807, 2.05) is 19.1 Å². The molecule has 1 nitrogen and oxygen atoms in total. The molecule has 0 atom stereocenters.